The highest BCUT2D eigenvalue weighted by atomic mass is 19.1. The Morgan fingerprint density at radius 2 is 1.58 bits per heavy atom. The topological polar surface area (TPSA) is 123 Å². The van der Waals surface area contributed by atoms with Gasteiger partial charge in [-0.1, -0.05) is 17.3 Å². The number of esters is 1. The molecule has 160 valence electrons. The van der Waals surface area contributed by atoms with Gasteiger partial charge in [0.25, 0.3) is 5.91 Å². The van der Waals surface area contributed by atoms with Gasteiger partial charge in [0, 0.05) is 23.0 Å². The summed E-state index contributed by atoms with van der Waals surface area (Å²) < 4.78 is 22.5. The number of amides is 3. The molecule has 0 saturated carbocycles. The molecule has 0 spiro atoms. The molecule has 3 N–H and O–H groups in total. The van der Waals surface area contributed by atoms with Crippen molar-refractivity contribution in [2.24, 2.45) is 0 Å². The minimum absolute atomic E-state index is 0.0633. The third kappa shape index (κ3) is 5.66. The van der Waals surface area contributed by atoms with Crippen molar-refractivity contribution in [2.45, 2.75) is 13.0 Å². The number of aromatic nitrogens is 1. The van der Waals surface area contributed by atoms with Crippen molar-refractivity contribution in [1.29, 1.82) is 0 Å². The first-order valence-corrected chi connectivity index (χ1v) is 9.15. The zero-order valence-corrected chi connectivity index (χ0v) is 16.6. The Kier molecular flexibility index (Phi) is 6.61. The fourth-order valence-electron chi connectivity index (χ4n) is 2.57. The molecule has 3 rings (SSSR count). The highest BCUT2D eigenvalue weighted by Gasteiger charge is 2.20. The van der Waals surface area contributed by atoms with Gasteiger partial charge in [0.2, 0.25) is 5.76 Å². The van der Waals surface area contributed by atoms with Crippen LogP contribution in [0.25, 0.3) is 11.3 Å². The lowest BCUT2D eigenvalue weighted by atomic mass is 10.1. The molecule has 3 aromatic rings. The molecule has 0 saturated heterocycles. The third-order valence-electron chi connectivity index (χ3n) is 4.18. The number of nitrogens with zero attached hydrogens (tertiary/aromatic N) is 1. The van der Waals surface area contributed by atoms with Crippen LogP contribution in [-0.4, -0.2) is 36.2 Å². The lowest BCUT2D eigenvalue weighted by Crippen LogP contribution is -2.38. The molecule has 0 aliphatic heterocycles. The molecule has 1 heterocycles. The standard InChI is InChI=1S/C21H19FN4O5/c1-12(20(28)30-2)23-19(27)18-11-17(26-31-18)13-3-7-15(8-4-13)24-21(29)25-16-9-5-14(22)6-10-16/h3-12H,1-2H3,(H,23,27)(H2,24,25,29). The first-order valence-electron chi connectivity index (χ1n) is 9.15. The van der Waals surface area contributed by atoms with Gasteiger partial charge in [-0.25, -0.2) is 14.0 Å². The van der Waals surface area contributed by atoms with Gasteiger partial charge in [-0.3, -0.25) is 4.79 Å². The van der Waals surface area contributed by atoms with Crippen LogP contribution in [0.15, 0.2) is 59.1 Å². The summed E-state index contributed by atoms with van der Waals surface area (Å²) in [6, 6.07) is 12.2. The summed E-state index contributed by atoms with van der Waals surface area (Å²) >= 11 is 0. The number of nitrogens with one attached hydrogen (secondary N) is 3. The summed E-state index contributed by atoms with van der Waals surface area (Å²) in [5, 5.41) is 11.5. The predicted molar refractivity (Wildman–Crippen MR) is 110 cm³/mol. The maximum Gasteiger partial charge on any atom is 0.328 e. The largest absolute Gasteiger partial charge is 0.467 e. The Morgan fingerprint density at radius 3 is 2.16 bits per heavy atom. The molecule has 1 aromatic heterocycles. The van der Waals surface area contributed by atoms with E-state index in [-0.39, 0.29) is 5.76 Å². The summed E-state index contributed by atoms with van der Waals surface area (Å²) in [5.41, 5.74) is 2.01. The Morgan fingerprint density at radius 1 is 1.00 bits per heavy atom. The first-order chi connectivity index (χ1) is 14.9. The lowest BCUT2D eigenvalue weighted by Gasteiger charge is -2.09. The monoisotopic (exact) mass is 426 g/mol. The number of urea groups is 1. The Bertz CT molecular complexity index is 1080. The first kappa shape index (κ1) is 21.5. The van der Waals surface area contributed by atoms with Crippen LogP contribution in [0.4, 0.5) is 20.6 Å². The van der Waals surface area contributed by atoms with Gasteiger partial charge in [-0.2, -0.15) is 0 Å². The maximum absolute atomic E-state index is 12.9. The van der Waals surface area contributed by atoms with Crippen molar-refractivity contribution < 1.29 is 28.0 Å². The molecule has 2 aromatic carbocycles. The normalized spacial score (nSPS) is 11.3. The van der Waals surface area contributed by atoms with E-state index >= 15 is 0 Å². The molecule has 0 aliphatic rings. The second kappa shape index (κ2) is 9.53. The van der Waals surface area contributed by atoms with Gasteiger partial charge in [0.15, 0.2) is 0 Å². The molecule has 9 nitrogen and oxygen atoms in total. The minimum Gasteiger partial charge on any atom is -0.467 e. The van der Waals surface area contributed by atoms with Crippen LogP contribution >= 0.6 is 0 Å². The molecule has 1 unspecified atom stereocenters. The van der Waals surface area contributed by atoms with Gasteiger partial charge in [0.1, 0.15) is 17.6 Å². The highest BCUT2D eigenvalue weighted by Crippen LogP contribution is 2.21. The van der Waals surface area contributed by atoms with Crippen LogP contribution in [0.3, 0.4) is 0 Å². The van der Waals surface area contributed by atoms with Crippen LogP contribution in [0.5, 0.6) is 0 Å². The number of halogens is 1. The van der Waals surface area contributed by atoms with E-state index in [2.05, 4.69) is 25.8 Å². The Balaban J connectivity index is 1.60. The van der Waals surface area contributed by atoms with Gasteiger partial charge < -0.3 is 25.2 Å². The number of anilines is 2. The molecule has 0 aliphatic carbocycles. The zero-order chi connectivity index (χ0) is 22.4. The van der Waals surface area contributed by atoms with Gasteiger partial charge in [-0.15, -0.1) is 0 Å². The smallest absolute Gasteiger partial charge is 0.328 e. The van der Waals surface area contributed by atoms with Crippen molar-refractivity contribution in [1.82, 2.24) is 10.5 Å². The van der Waals surface area contributed by atoms with E-state index < -0.39 is 29.8 Å². The summed E-state index contributed by atoms with van der Waals surface area (Å²) in [5.74, 6) is -1.65. The fraction of sp³-hybridized carbons (Fsp3) is 0.143. The molecular weight excluding hydrogens is 407 g/mol. The number of hydrogen-bond acceptors (Lipinski definition) is 6. The molecule has 3 amide bonds. The maximum atomic E-state index is 12.9. The Labute approximate surface area is 176 Å². The van der Waals surface area contributed by atoms with Crippen molar-refractivity contribution in [3.8, 4) is 11.3 Å². The summed E-state index contributed by atoms with van der Waals surface area (Å²) in [4.78, 5) is 35.6. The van der Waals surface area contributed by atoms with E-state index in [9.17, 15) is 18.8 Å². The molecular formula is C21H19FN4O5. The zero-order valence-electron chi connectivity index (χ0n) is 16.6. The quantitative estimate of drug-likeness (QED) is 0.519. The van der Waals surface area contributed by atoms with Gasteiger partial charge in [0.05, 0.1) is 7.11 Å². The highest BCUT2D eigenvalue weighted by molar-refractivity contribution is 6.00. The Hall–Kier alpha value is -4.21. The summed E-state index contributed by atoms with van der Waals surface area (Å²) in [6.07, 6.45) is 0. The van der Waals surface area contributed by atoms with Crippen LogP contribution in [0.2, 0.25) is 0 Å². The average molecular weight is 426 g/mol. The number of rotatable bonds is 6. The van der Waals surface area contributed by atoms with E-state index in [4.69, 9.17) is 4.52 Å². The molecule has 0 radical (unpaired) electrons. The number of ether oxygens (including phenoxy) is 1. The lowest BCUT2D eigenvalue weighted by molar-refractivity contribution is -0.142. The molecule has 10 heteroatoms. The van der Waals surface area contributed by atoms with Crippen molar-refractivity contribution in [3.63, 3.8) is 0 Å². The van der Waals surface area contributed by atoms with Crippen LogP contribution in [0, 0.1) is 5.82 Å². The SMILES string of the molecule is COC(=O)C(C)NC(=O)c1cc(-c2ccc(NC(=O)Nc3ccc(F)cc3)cc2)no1. The summed E-state index contributed by atoms with van der Waals surface area (Å²) in [7, 11) is 1.22. The van der Waals surface area contributed by atoms with E-state index in [1.54, 1.807) is 24.3 Å². The number of methoxy groups -OCH3 is 1. The molecule has 31 heavy (non-hydrogen) atoms. The average Bonchev–Trinajstić information content (AvgIpc) is 3.25. The van der Waals surface area contributed by atoms with Crippen molar-refractivity contribution >= 4 is 29.3 Å². The van der Waals surface area contributed by atoms with Crippen LogP contribution in [-0.2, 0) is 9.53 Å². The minimum atomic E-state index is -0.836. The molecule has 1 atom stereocenters. The molecule has 0 fully saturated rings. The van der Waals surface area contributed by atoms with E-state index in [0.717, 1.165) is 0 Å². The van der Waals surface area contributed by atoms with E-state index in [1.165, 1.54) is 44.4 Å². The van der Waals surface area contributed by atoms with Crippen molar-refractivity contribution in [2.75, 3.05) is 17.7 Å². The number of hydrogen-bond donors (Lipinski definition) is 3. The van der Waals surface area contributed by atoms with Crippen LogP contribution in [0.1, 0.15) is 17.5 Å². The third-order valence-corrected chi connectivity index (χ3v) is 4.18. The van der Waals surface area contributed by atoms with Gasteiger partial charge >= 0.3 is 12.0 Å². The predicted octanol–water partition coefficient (Wildman–Crippen LogP) is 3.42. The van der Waals surface area contributed by atoms with E-state index in [0.29, 0.717) is 22.6 Å². The fourth-order valence-corrected chi connectivity index (χ4v) is 2.57. The second-order valence-electron chi connectivity index (χ2n) is 6.46. The van der Waals surface area contributed by atoms with Gasteiger partial charge in [-0.05, 0) is 43.3 Å². The van der Waals surface area contributed by atoms with Crippen LogP contribution < -0.4 is 16.0 Å². The summed E-state index contributed by atoms with van der Waals surface area (Å²) in [6.45, 7) is 1.49. The number of carbonyl (C=O) groups is 3. The van der Waals surface area contributed by atoms with Crippen molar-refractivity contribution in [3.05, 3.63) is 66.2 Å². The van der Waals surface area contributed by atoms with E-state index in [1.807, 2.05) is 0 Å². The molecule has 0 bridgehead atoms. The number of carbonyl (C=O) groups excluding carboxylic acids is 3. The second-order valence-corrected chi connectivity index (χ2v) is 6.46. The number of benzene rings is 2.